The van der Waals surface area contributed by atoms with E-state index < -0.39 is 16.5 Å². The second-order valence-electron chi connectivity index (χ2n) is 9.17. The fraction of sp³-hybridized carbons (Fsp3) is 0.133. The molecule has 4 aromatic rings. The van der Waals surface area contributed by atoms with E-state index in [9.17, 15) is 0 Å². The van der Waals surface area contributed by atoms with Gasteiger partial charge in [0.1, 0.15) is 0 Å². The Bertz CT molecular complexity index is 1050. The van der Waals surface area contributed by atoms with E-state index in [-0.39, 0.29) is 0 Å². The van der Waals surface area contributed by atoms with E-state index >= 15 is 0 Å². The molecule has 0 spiro atoms. The van der Waals surface area contributed by atoms with Crippen LogP contribution in [0.4, 0.5) is 0 Å². The van der Waals surface area contributed by atoms with E-state index in [4.69, 9.17) is 0 Å². The van der Waals surface area contributed by atoms with E-state index in [1.54, 1.807) is 0 Å². The van der Waals surface area contributed by atoms with Crippen molar-refractivity contribution in [1.82, 2.24) is 9.13 Å². The third-order valence-corrected chi connectivity index (χ3v) is 16.7. The molecule has 170 valence electrons. The zero-order chi connectivity index (χ0) is 23.4. The molecule has 0 aliphatic carbocycles. The van der Waals surface area contributed by atoms with E-state index in [0.717, 1.165) is 13.1 Å². The summed E-state index contributed by atoms with van der Waals surface area (Å²) in [7, 11) is -0.0416. The first-order valence-corrected chi connectivity index (χ1v) is 16.1. The summed E-state index contributed by atoms with van der Waals surface area (Å²) >= 11 is 0. The number of likely N-dealkylation sites (N-methyl/N-ethyl adjacent to an activating group) is 2. The highest BCUT2D eigenvalue weighted by Crippen LogP contribution is 2.20. The Hall–Kier alpha value is -3.03. The molecule has 0 radical (unpaired) electrons. The summed E-state index contributed by atoms with van der Waals surface area (Å²) < 4.78 is 5.30. The topological polar surface area (TPSA) is 6.48 Å². The largest absolute Gasteiger partial charge is 0.315 e. The van der Waals surface area contributed by atoms with Crippen molar-refractivity contribution in [1.29, 1.82) is 0 Å². The van der Waals surface area contributed by atoms with Crippen LogP contribution in [0.2, 0.25) is 0 Å². The Morgan fingerprint density at radius 1 is 0.412 bits per heavy atom. The van der Waals surface area contributed by atoms with Crippen LogP contribution < -0.4 is 20.7 Å². The summed E-state index contributed by atoms with van der Waals surface area (Å²) in [5.74, 6) is 0. The van der Waals surface area contributed by atoms with Crippen LogP contribution >= 0.6 is 0 Å². The molecule has 0 atom stereocenters. The Morgan fingerprint density at radius 3 is 0.882 bits per heavy atom. The number of rotatable bonds is 4. The van der Waals surface area contributed by atoms with Gasteiger partial charge in [-0.1, -0.05) is 133 Å². The van der Waals surface area contributed by atoms with Gasteiger partial charge in [-0.05, 0) is 34.8 Å². The van der Waals surface area contributed by atoms with Gasteiger partial charge in [0, 0.05) is 13.1 Å². The van der Waals surface area contributed by atoms with Gasteiger partial charge in [0.05, 0.1) is 0 Å². The van der Waals surface area contributed by atoms with Gasteiger partial charge in [-0.15, -0.1) is 0 Å². The molecule has 0 aromatic heterocycles. The Labute approximate surface area is 206 Å². The molecular formula is C30H32N2Si2. The molecule has 1 aliphatic rings. The van der Waals surface area contributed by atoms with Crippen LogP contribution in [0.25, 0.3) is 0 Å². The minimum absolute atomic E-state index is 1.02. The number of hydrogen-bond donors (Lipinski definition) is 0. The summed E-state index contributed by atoms with van der Waals surface area (Å²) in [6.07, 6.45) is 0. The molecule has 5 rings (SSSR count). The van der Waals surface area contributed by atoms with E-state index in [1.807, 2.05) is 0 Å². The molecular weight excluding hydrogens is 445 g/mol. The molecule has 0 amide bonds. The van der Waals surface area contributed by atoms with Crippen molar-refractivity contribution in [2.45, 2.75) is 0 Å². The van der Waals surface area contributed by atoms with Crippen molar-refractivity contribution in [3.05, 3.63) is 133 Å². The summed E-state index contributed by atoms with van der Waals surface area (Å²) in [6, 6.07) is 44.7. The molecule has 0 bridgehead atoms. The monoisotopic (exact) mass is 476 g/mol. The van der Waals surface area contributed by atoms with Crippen molar-refractivity contribution >= 4 is 37.2 Å². The van der Waals surface area contributed by atoms with Gasteiger partial charge < -0.3 is 9.13 Å². The fourth-order valence-corrected chi connectivity index (χ4v) is 14.9. The Balaban J connectivity index is 1.82. The quantitative estimate of drug-likeness (QED) is 0.418. The lowest BCUT2D eigenvalue weighted by Crippen LogP contribution is -2.74. The maximum Gasteiger partial charge on any atom is 0.216 e. The SMILES string of the molecule is CN1CCN(C)[Si](c2ccccc2)(c2ccccc2)C=C[Si]1(c1ccccc1)c1ccccc1. The maximum absolute atomic E-state index is 2.65. The van der Waals surface area contributed by atoms with Gasteiger partial charge in [-0.25, -0.2) is 0 Å². The van der Waals surface area contributed by atoms with Crippen molar-refractivity contribution in [3.8, 4) is 0 Å². The molecule has 0 saturated carbocycles. The van der Waals surface area contributed by atoms with Crippen molar-refractivity contribution < 1.29 is 0 Å². The molecule has 1 aliphatic heterocycles. The van der Waals surface area contributed by atoms with Crippen molar-refractivity contribution in [2.24, 2.45) is 0 Å². The predicted octanol–water partition coefficient (Wildman–Crippen LogP) is 3.02. The second kappa shape index (κ2) is 9.68. The molecule has 2 nitrogen and oxygen atoms in total. The van der Waals surface area contributed by atoms with E-state index in [2.05, 4.69) is 156 Å². The minimum atomic E-state index is -2.34. The van der Waals surface area contributed by atoms with Crippen LogP contribution in [0.15, 0.2) is 133 Å². The Morgan fingerprint density at radius 2 is 0.647 bits per heavy atom. The lowest BCUT2D eigenvalue weighted by molar-refractivity contribution is 0.424. The zero-order valence-corrected chi connectivity index (χ0v) is 22.0. The van der Waals surface area contributed by atoms with Gasteiger partial charge in [0.25, 0.3) is 0 Å². The smallest absolute Gasteiger partial charge is 0.216 e. The first-order valence-electron chi connectivity index (χ1n) is 12.0. The van der Waals surface area contributed by atoms with E-state index in [1.165, 1.54) is 20.7 Å². The molecule has 34 heavy (non-hydrogen) atoms. The molecule has 0 N–H and O–H groups in total. The average molecular weight is 477 g/mol. The van der Waals surface area contributed by atoms with Gasteiger partial charge >= 0.3 is 0 Å². The summed E-state index contributed by atoms with van der Waals surface area (Å²) in [6.45, 7) is 2.04. The summed E-state index contributed by atoms with van der Waals surface area (Å²) in [5, 5.41) is 5.75. The number of benzene rings is 4. The van der Waals surface area contributed by atoms with Crippen LogP contribution in [-0.2, 0) is 0 Å². The third kappa shape index (κ3) is 3.83. The van der Waals surface area contributed by atoms with Gasteiger partial charge in [-0.3, -0.25) is 0 Å². The highest BCUT2D eigenvalue weighted by atomic mass is 28.3. The average Bonchev–Trinajstić information content (AvgIpc) is 2.91. The summed E-state index contributed by atoms with van der Waals surface area (Å²) in [4.78, 5) is 0. The first-order chi connectivity index (χ1) is 16.7. The van der Waals surface area contributed by atoms with Gasteiger partial charge in [0.15, 0.2) is 0 Å². The highest BCUT2D eigenvalue weighted by molar-refractivity contribution is 7.08. The normalized spacial score (nSPS) is 18.2. The van der Waals surface area contributed by atoms with Gasteiger partial charge in [0.2, 0.25) is 16.5 Å². The minimum Gasteiger partial charge on any atom is -0.315 e. The van der Waals surface area contributed by atoms with Crippen molar-refractivity contribution in [2.75, 3.05) is 27.2 Å². The standard InChI is InChI=1S/C30H32N2Si2/c1-31-23-24-32(2)34(29-19-11-5-12-20-29,30-21-13-6-14-22-30)26-25-33(31,27-15-7-3-8-16-27)28-17-9-4-10-18-28/h3-22,25-26H,23-24H2,1-2H3. The van der Waals surface area contributed by atoms with Crippen LogP contribution in [0.3, 0.4) is 0 Å². The highest BCUT2D eigenvalue weighted by Gasteiger charge is 2.46. The van der Waals surface area contributed by atoms with Crippen LogP contribution in [0.5, 0.6) is 0 Å². The lowest BCUT2D eigenvalue weighted by atomic mass is 10.4. The van der Waals surface area contributed by atoms with E-state index in [0.29, 0.717) is 0 Å². The summed E-state index contributed by atoms with van der Waals surface area (Å²) in [5.41, 5.74) is 5.28. The maximum atomic E-state index is 2.65. The fourth-order valence-electron chi connectivity index (χ4n) is 5.52. The van der Waals surface area contributed by atoms with Crippen molar-refractivity contribution in [3.63, 3.8) is 0 Å². The molecule has 4 aromatic carbocycles. The van der Waals surface area contributed by atoms with Crippen LogP contribution in [0, 0.1) is 0 Å². The molecule has 0 unspecified atom stereocenters. The molecule has 4 heteroatoms. The molecule has 1 heterocycles. The van der Waals surface area contributed by atoms with Crippen LogP contribution in [-0.4, -0.2) is 52.8 Å². The number of hydrogen-bond acceptors (Lipinski definition) is 2. The predicted molar refractivity (Wildman–Crippen MR) is 150 cm³/mol. The zero-order valence-electron chi connectivity index (χ0n) is 20.0. The van der Waals surface area contributed by atoms with Gasteiger partial charge in [-0.2, -0.15) is 0 Å². The second-order valence-corrected chi connectivity index (χ2v) is 16.7. The third-order valence-electron chi connectivity index (χ3n) is 7.40. The van der Waals surface area contributed by atoms with Crippen LogP contribution in [0.1, 0.15) is 0 Å². The number of nitrogens with zero attached hydrogens (tertiary/aromatic N) is 2. The molecule has 0 saturated heterocycles. The first kappa shape index (κ1) is 22.8. The lowest BCUT2D eigenvalue weighted by Gasteiger charge is -2.46. The Kier molecular flexibility index (Phi) is 6.48. The molecule has 0 fully saturated rings.